The zero-order valence-corrected chi connectivity index (χ0v) is 11.8. The van der Waals surface area contributed by atoms with E-state index in [0.29, 0.717) is 6.54 Å². The standard InChI is InChI=1S/C14H18N4O2/c1-14(2,13(19)20)17(3)10-11-9-15-18(16-11)12-7-5-4-6-8-12/h4-9H,10H2,1-3H3,(H,19,20). The summed E-state index contributed by atoms with van der Waals surface area (Å²) in [5.41, 5.74) is 0.654. The van der Waals surface area contributed by atoms with Crippen molar-refractivity contribution in [1.82, 2.24) is 19.9 Å². The molecule has 0 aliphatic heterocycles. The van der Waals surface area contributed by atoms with Gasteiger partial charge in [-0.3, -0.25) is 9.69 Å². The van der Waals surface area contributed by atoms with Crippen molar-refractivity contribution < 1.29 is 9.90 Å². The van der Waals surface area contributed by atoms with Crippen molar-refractivity contribution in [3.05, 3.63) is 42.2 Å². The van der Waals surface area contributed by atoms with Crippen LogP contribution in [0.1, 0.15) is 19.5 Å². The average molecular weight is 274 g/mol. The molecule has 0 bridgehead atoms. The number of carbonyl (C=O) groups is 1. The summed E-state index contributed by atoms with van der Waals surface area (Å²) in [7, 11) is 1.76. The first-order valence-corrected chi connectivity index (χ1v) is 6.32. The molecule has 1 heterocycles. The van der Waals surface area contributed by atoms with Crippen molar-refractivity contribution in [2.45, 2.75) is 25.9 Å². The molecule has 1 aromatic heterocycles. The SMILES string of the molecule is CN(Cc1cnn(-c2ccccc2)n1)C(C)(C)C(=O)O. The zero-order valence-electron chi connectivity index (χ0n) is 11.8. The van der Waals surface area contributed by atoms with E-state index in [-0.39, 0.29) is 0 Å². The van der Waals surface area contributed by atoms with Crippen LogP contribution in [0, 0.1) is 0 Å². The second-order valence-electron chi connectivity index (χ2n) is 5.18. The van der Waals surface area contributed by atoms with Crippen LogP contribution in [0.5, 0.6) is 0 Å². The minimum atomic E-state index is -0.948. The molecule has 2 aromatic rings. The van der Waals surface area contributed by atoms with Crippen molar-refractivity contribution in [3.8, 4) is 5.69 Å². The minimum Gasteiger partial charge on any atom is -0.480 e. The fraction of sp³-hybridized carbons (Fsp3) is 0.357. The highest BCUT2D eigenvalue weighted by Crippen LogP contribution is 2.15. The Morgan fingerprint density at radius 1 is 1.35 bits per heavy atom. The van der Waals surface area contributed by atoms with E-state index in [1.54, 1.807) is 32.0 Å². The van der Waals surface area contributed by atoms with E-state index in [1.807, 2.05) is 30.3 Å². The van der Waals surface area contributed by atoms with Gasteiger partial charge in [-0.05, 0) is 33.0 Å². The maximum atomic E-state index is 11.2. The van der Waals surface area contributed by atoms with Crippen molar-refractivity contribution in [1.29, 1.82) is 0 Å². The highest BCUT2D eigenvalue weighted by molar-refractivity contribution is 5.77. The first-order chi connectivity index (χ1) is 9.41. The molecule has 20 heavy (non-hydrogen) atoms. The van der Waals surface area contributed by atoms with Crippen LogP contribution in [0.4, 0.5) is 0 Å². The van der Waals surface area contributed by atoms with E-state index in [4.69, 9.17) is 0 Å². The Bertz CT molecular complexity index is 592. The molecule has 106 valence electrons. The number of para-hydroxylation sites is 1. The molecule has 0 saturated carbocycles. The van der Waals surface area contributed by atoms with E-state index in [2.05, 4.69) is 10.2 Å². The maximum Gasteiger partial charge on any atom is 0.323 e. The van der Waals surface area contributed by atoms with Gasteiger partial charge in [-0.15, -0.1) is 0 Å². The summed E-state index contributed by atoms with van der Waals surface area (Å²) in [5.74, 6) is -0.865. The number of aliphatic carboxylic acids is 1. The largest absolute Gasteiger partial charge is 0.480 e. The predicted molar refractivity (Wildman–Crippen MR) is 74.5 cm³/mol. The third kappa shape index (κ3) is 2.85. The second kappa shape index (κ2) is 5.42. The number of likely N-dealkylation sites (N-methyl/N-ethyl adjacent to an activating group) is 1. The normalized spacial score (nSPS) is 11.8. The Hall–Kier alpha value is -2.21. The lowest BCUT2D eigenvalue weighted by molar-refractivity contribution is -0.148. The van der Waals surface area contributed by atoms with Gasteiger partial charge in [-0.1, -0.05) is 18.2 Å². The van der Waals surface area contributed by atoms with Gasteiger partial charge in [0.25, 0.3) is 0 Å². The molecule has 1 N–H and O–H groups in total. The van der Waals surface area contributed by atoms with Crippen molar-refractivity contribution >= 4 is 5.97 Å². The number of aromatic nitrogens is 3. The van der Waals surface area contributed by atoms with Crippen LogP contribution in [-0.2, 0) is 11.3 Å². The van der Waals surface area contributed by atoms with E-state index in [9.17, 15) is 9.90 Å². The van der Waals surface area contributed by atoms with E-state index in [0.717, 1.165) is 11.4 Å². The first kappa shape index (κ1) is 14.2. The Labute approximate surface area is 117 Å². The zero-order chi connectivity index (χ0) is 14.8. The van der Waals surface area contributed by atoms with Gasteiger partial charge < -0.3 is 5.11 Å². The number of benzene rings is 1. The van der Waals surface area contributed by atoms with Gasteiger partial charge in [0.2, 0.25) is 0 Å². The monoisotopic (exact) mass is 274 g/mol. The quantitative estimate of drug-likeness (QED) is 0.896. The Kier molecular flexibility index (Phi) is 3.85. The summed E-state index contributed by atoms with van der Waals surface area (Å²) in [6, 6.07) is 9.58. The van der Waals surface area contributed by atoms with E-state index in [1.165, 1.54) is 4.80 Å². The molecule has 6 heteroatoms. The topological polar surface area (TPSA) is 71.2 Å². The lowest BCUT2D eigenvalue weighted by Gasteiger charge is -2.30. The lowest BCUT2D eigenvalue weighted by atomic mass is 10.0. The van der Waals surface area contributed by atoms with E-state index < -0.39 is 11.5 Å². The van der Waals surface area contributed by atoms with Crippen LogP contribution < -0.4 is 0 Å². The number of hydrogen-bond acceptors (Lipinski definition) is 4. The van der Waals surface area contributed by atoms with Gasteiger partial charge >= 0.3 is 5.97 Å². The van der Waals surface area contributed by atoms with Crippen LogP contribution >= 0.6 is 0 Å². The first-order valence-electron chi connectivity index (χ1n) is 6.32. The maximum absolute atomic E-state index is 11.2. The Morgan fingerprint density at radius 2 is 2.00 bits per heavy atom. The molecule has 6 nitrogen and oxygen atoms in total. The van der Waals surface area contributed by atoms with Gasteiger partial charge in [0.05, 0.1) is 17.6 Å². The fourth-order valence-corrected chi connectivity index (χ4v) is 1.66. The summed E-state index contributed by atoms with van der Waals surface area (Å²) < 4.78 is 0. The molecule has 0 atom stereocenters. The molecule has 0 radical (unpaired) electrons. The van der Waals surface area contributed by atoms with Gasteiger partial charge in [0, 0.05) is 6.54 Å². The molecule has 0 aliphatic carbocycles. The minimum absolute atomic E-state index is 0.423. The molecule has 0 saturated heterocycles. The molecule has 2 rings (SSSR count). The predicted octanol–water partition coefficient (Wildman–Crippen LogP) is 1.56. The highest BCUT2D eigenvalue weighted by atomic mass is 16.4. The van der Waals surface area contributed by atoms with Crippen molar-refractivity contribution in [2.75, 3.05) is 7.05 Å². The molecule has 1 aromatic carbocycles. The summed E-state index contributed by atoms with van der Waals surface area (Å²) in [6.07, 6.45) is 1.65. The van der Waals surface area contributed by atoms with Gasteiger partial charge in [0.15, 0.2) is 0 Å². The molecule has 0 spiro atoms. The van der Waals surface area contributed by atoms with Gasteiger partial charge in [-0.25, -0.2) is 0 Å². The smallest absolute Gasteiger partial charge is 0.323 e. The Morgan fingerprint density at radius 3 is 2.60 bits per heavy atom. The van der Waals surface area contributed by atoms with Crippen LogP contribution in [0.3, 0.4) is 0 Å². The van der Waals surface area contributed by atoms with Crippen LogP contribution in [0.25, 0.3) is 5.69 Å². The average Bonchev–Trinajstić information content (AvgIpc) is 2.88. The van der Waals surface area contributed by atoms with Crippen molar-refractivity contribution in [3.63, 3.8) is 0 Å². The Balaban J connectivity index is 2.13. The lowest BCUT2D eigenvalue weighted by Crippen LogP contribution is -2.47. The number of hydrogen-bond donors (Lipinski definition) is 1. The van der Waals surface area contributed by atoms with Crippen LogP contribution in [0.15, 0.2) is 36.5 Å². The van der Waals surface area contributed by atoms with Gasteiger partial charge in [0.1, 0.15) is 5.54 Å². The highest BCUT2D eigenvalue weighted by Gasteiger charge is 2.32. The molecular formula is C14H18N4O2. The second-order valence-corrected chi connectivity index (χ2v) is 5.18. The number of nitrogens with zero attached hydrogens (tertiary/aromatic N) is 4. The van der Waals surface area contributed by atoms with Crippen LogP contribution in [-0.4, -0.2) is 43.6 Å². The number of carboxylic acids is 1. The third-order valence-corrected chi connectivity index (χ3v) is 3.40. The van der Waals surface area contributed by atoms with Crippen LogP contribution in [0.2, 0.25) is 0 Å². The molecular weight excluding hydrogens is 256 g/mol. The summed E-state index contributed by atoms with van der Waals surface area (Å²) in [4.78, 5) is 14.5. The van der Waals surface area contributed by atoms with Gasteiger partial charge in [-0.2, -0.15) is 15.0 Å². The molecule has 0 fully saturated rings. The number of carboxylic acid groups (broad SMARTS) is 1. The fourth-order valence-electron chi connectivity index (χ4n) is 1.66. The van der Waals surface area contributed by atoms with Crippen molar-refractivity contribution in [2.24, 2.45) is 0 Å². The third-order valence-electron chi connectivity index (χ3n) is 3.40. The molecule has 0 aliphatic rings. The number of rotatable bonds is 5. The summed E-state index contributed by atoms with van der Waals surface area (Å²) >= 11 is 0. The summed E-state index contributed by atoms with van der Waals surface area (Å²) in [5, 5.41) is 17.8. The molecule has 0 unspecified atom stereocenters. The molecule has 0 amide bonds. The van der Waals surface area contributed by atoms with E-state index >= 15 is 0 Å². The summed E-state index contributed by atoms with van der Waals surface area (Å²) in [6.45, 7) is 3.75.